The van der Waals surface area contributed by atoms with Crippen LogP contribution < -0.4 is 10.5 Å². The van der Waals surface area contributed by atoms with Gasteiger partial charge in [-0.2, -0.15) is 0 Å². The number of ether oxygens (including phenoxy) is 1. The molecule has 1 aromatic carbocycles. The van der Waals surface area contributed by atoms with Crippen molar-refractivity contribution in [1.82, 2.24) is 20.2 Å². The summed E-state index contributed by atoms with van der Waals surface area (Å²) in [7, 11) is 1.62. The highest BCUT2D eigenvalue weighted by Crippen LogP contribution is 2.27. The molecule has 2 N–H and O–H groups in total. The van der Waals surface area contributed by atoms with Gasteiger partial charge in [0.1, 0.15) is 5.75 Å². The number of unbranched alkanes of at least 4 members (excludes halogenated alkanes) is 1. The van der Waals surface area contributed by atoms with E-state index in [9.17, 15) is 0 Å². The quantitative estimate of drug-likeness (QED) is 0.820. The minimum Gasteiger partial charge on any atom is -0.497 e. The van der Waals surface area contributed by atoms with Crippen LogP contribution in [0.5, 0.6) is 5.75 Å². The Morgan fingerprint density at radius 3 is 2.85 bits per heavy atom. The maximum atomic E-state index is 5.89. The number of hydrogen-bond acceptors (Lipinski definition) is 5. The Kier molecular flexibility index (Phi) is 4.55. The number of methoxy groups -OCH3 is 1. The van der Waals surface area contributed by atoms with Crippen molar-refractivity contribution in [2.24, 2.45) is 0 Å². The molecule has 2 aromatic rings. The fourth-order valence-corrected chi connectivity index (χ4v) is 2.17. The number of tetrazole rings is 1. The normalized spacial score (nSPS) is 12.3. The van der Waals surface area contributed by atoms with Crippen LogP contribution in [0.4, 0.5) is 5.69 Å². The van der Waals surface area contributed by atoms with Crippen molar-refractivity contribution in [3.63, 3.8) is 0 Å². The van der Waals surface area contributed by atoms with Crippen LogP contribution >= 0.6 is 0 Å². The van der Waals surface area contributed by atoms with Crippen molar-refractivity contribution in [1.29, 1.82) is 0 Å². The van der Waals surface area contributed by atoms with Crippen LogP contribution in [0.2, 0.25) is 0 Å². The van der Waals surface area contributed by atoms with Crippen molar-refractivity contribution in [3.8, 4) is 17.1 Å². The summed E-state index contributed by atoms with van der Waals surface area (Å²) in [5, 5.41) is 12.0. The van der Waals surface area contributed by atoms with E-state index in [1.54, 1.807) is 13.2 Å². The van der Waals surface area contributed by atoms with E-state index >= 15 is 0 Å². The number of hydrogen-bond donors (Lipinski definition) is 1. The van der Waals surface area contributed by atoms with Crippen molar-refractivity contribution >= 4 is 5.69 Å². The van der Waals surface area contributed by atoms with Gasteiger partial charge in [-0.1, -0.05) is 19.8 Å². The maximum absolute atomic E-state index is 5.89. The number of aromatic nitrogens is 4. The van der Waals surface area contributed by atoms with Gasteiger partial charge in [-0.05, 0) is 35.9 Å². The summed E-state index contributed by atoms with van der Waals surface area (Å²) in [5.74, 6) is 1.43. The van der Waals surface area contributed by atoms with E-state index in [-0.39, 0.29) is 6.04 Å². The monoisotopic (exact) mass is 275 g/mol. The van der Waals surface area contributed by atoms with E-state index in [0.717, 1.165) is 30.7 Å². The number of nitrogens with zero attached hydrogens (tertiary/aromatic N) is 4. The third kappa shape index (κ3) is 3.07. The molecule has 6 heteroatoms. The molecule has 6 nitrogen and oxygen atoms in total. The molecule has 0 aliphatic carbocycles. The molecule has 0 saturated heterocycles. The van der Waals surface area contributed by atoms with Crippen LogP contribution in [-0.2, 0) is 0 Å². The molecule has 20 heavy (non-hydrogen) atoms. The van der Waals surface area contributed by atoms with Gasteiger partial charge in [0.25, 0.3) is 0 Å². The zero-order valence-corrected chi connectivity index (χ0v) is 12.2. The predicted octanol–water partition coefficient (Wildman–Crippen LogP) is 2.68. The van der Waals surface area contributed by atoms with Gasteiger partial charge in [0.05, 0.1) is 13.2 Å². The molecule has 0 aliphatic heterocycles. The lowest BCUT2D eigenvalue weighted by molar-refractivity contribution is 0.415. The Labute approximate surface area is 118 Å². The Balaban J connectivity index is 2.34. The summed E-state index contributed by atoms with van der Waals surface area (Å²) in [6.45, 7) is 4.30. The first-order chi connectivity index (χ1) is 9.65. The zero-order chi connectivity index (χ0) is 14.5. The van der Waals surface area contributed by atoms with Gasteiger partial charge in [0, 0.05) is 17.3 Å². The first-order valence-corrected chi connectivity index (χ1v) is 6.88. The summed E-state index contributed by atoms with van der Waals surface area (Å²) >= 11 is 0. The van der Waals surface area contributed by atoms with Crippen LogP contribution in [0, 0.1) is 0 Å². The number of anilines is 1. The molecule has 0 aliphatic rings. The molecule has 1 aromatic heterocycles. The van der Waals surface area contributed by atoms with Gasteiger partial charge in [-0.3, -0.25) is 0 Å². The van der Waals surface area contributed by atoms with Crippen molar-refractivity contribution < 1.29 is 4.74 Å². The van der Waals surface area contributed by atoms with E-state index in [1.807, 2.05) is 16.8 Å². The minimum atomic E-state index is 0.257. The molecule has 0 spiro atoms. The Morgan fingerprint density at radius 1 is 1.35 bits per heavy atom. The van der Waals surface area contributed by atoms with Crippen molar-refractivity contribution in [2.75, 3.05) is 12.8 Å². The largest absolute Gasteiger partial charge is 0.497 e. The average Bonchev–Trinajstić information content (AvgIpc) is 2.93. The fraction of sp³-hybridized carbons (Fsp3) is 0.500. The fourth-order valence-electron chi connectivity index (χ4n) is 2.17. The lowest BCUT2D eigenvalue weighted by Crippen LogP contribution is -2.09. The van der Waals surface area contributed by atoms with Gasteiger partial charge >= 0.3 is 0 Å². The molecule has 108 valence electrons. The van der Waals surface area contributed by atoms with Crippen LogP contribution in [0.25, 0.3) is 11.4 Å². The molecule has 1 unspecified atom stereocenters. The molecule has 0 amide bonds. The Hall–Kier alpha value is -2.11. The molecule has 0 fully saturated rings. The maximum Gasteiger partial charge on any atom is 0.182 e. The van der Waals surface area contributed by atoms with E-state index in [2.05, 4.69) is 29.4 Å². The second kappa shape index (κ2) is 6.36. The topological polar surface area (TPSA) is 78.9 Å². The number of nitrogen functional groups attached to an aromatic ring is 1. The number of benzene rings is 1. The summed E-state index contributed by atoms with van der Waals surface area (Å²) in [5.41, 5.74) is 7.39. The van der Waals surface area contributed by atoms with Gasteiger partial charge in [0.2, 0.25) is 0 Å². The average molecular weight is 275 g/mol. The first-order valence-electron chi connectivity index (χ1n) is 6.88. The van der Waals surface area contributed by atoms with E-state index in [4.69, 9.17) is 10.5 Å². The summed E-state index contributed by atoms with van der Waals surface area (Å²) in [6, 6.07) is 5.79. The lowest BCUT2D eigenvalue weighted by Gasteiger charge is -2.13. The minimum absolute atomic E-state index is 0.257. The molecule has 0 saturated carbocycles. The molecule has 1 heterocycles. The summed E-state index contributed by atoms with van der Waals surface area (Å²) in [4.78, 5) is 0. The zero-order valence-electron chi connectivity index (χ0n) is 12.2. The number of nitrogens with two attached hydrogens (primary N) is 1. The lowest BCUT2D eigenvalue weighted by atomic mass is 10.1. The standard InChI is InChI=1S/C14H21N5O/c1-4-5-6-10(2)19-14(16-17-18-19)11-7-12(15)9-13(8-11)20-3/h7-10H,4-6,15H2,1-3H3. The number of rotatable bonds is 6. The van der Waals surface area contributed by atoms with Crippen LogP contribution in [0.1, 0.15) is 39.2 Å². The van der Waals surface area contributed by atoms with E-state index < -0.39 is 0 Å². The van der Waals surface area contributed by atoms with Gasteiger partial charge in [0.15, 0.2) is 5.82 Å². The third-order valence-corrected chi connectivity index (χ3v) is 3.31. The highest BCUT2D eigenvalue weighted by Gasteiger charge is 2.15. The second-order valence-electron chi connectivity index (χ2n) is 4.93. The summed E-state index contributed by atoms with van der Waals surface area (Å²) < 4.78 is 7.09. The van der Waals surface area contributed by atoms with Gasteiger partial charge < -0.3 is 10.5 Å². The Bertz CT molecular complexity index is 566. The van der Waals surface area contributed by atoms with Crippen molar-refractivity contribution in [3.05, 3.63) is 18.2 Å². The predicted molar refractivity (Wildman–Crippen MR) is 78.5 cm³/mol. The summed E-state index contributed by atoms with van der Waals surface area (Å²) in [6.07, 6.45) is 3.36. The van der Waals surface area contributed by atoms with Crippen LogP contribution in [0.15, 0.2) is 18.2 Å². The highest BCUT2D eigenvalue weighted by molar-refractivity contribution is 5.64. The molecule has 0 radical (unpaired) electrons. The SMILES string of the molecule is CCCCC(C)n1nnnc1-c1cc(N)cc(OC)c1. The second-order valence-corrected chi connectivity index (χ2v) is 4.93. The van der Waals surface area contributed by atoms with Gasteiger partial charge in [-0.15, -0.1) is 5.10 Å². The smallest absolute Gasteiger partial charge is 0.182 e. The third-order valence-electron chi connectivity index (χ3n) is 3.31. The highest BCUT2D eigenvalue weighted by atomic mass is 16.5. The molecular formula is C14H21N5O. The van der Waals surface area contributed by atoms with Gasteiger partial charge in [-0.25, -0.2) is 4.68 Å². The molecular weight excluding hydrogens is 254 g/mol. The Morgan fingerprint density at radius 2 is 2.15 bits per heavy atom. The van der Waals surface area contributed by atoms with Crippen molar-refractivity contribution in [2.45, 2.75) is 39.2 Å². The molecule has 0 bridgehead atoms. The van der Waals surface area contributed by atoms with Crippen LogP contribution in [0.3, 0.4) is 0 Å². The van der Waals surface area contributed by atoms with E-state index in [0.29, 0.717) is 11.4 Å². The molecule has 1 atom stereocenters. The molecule has 2 rings (SSSR count). The van der Waals surface area contributed by atoms with E-state index in [1.165, 1.54) is 0 Å². The van der Waals surface area contributed by atoms with Crippen LogP contribution in [-0.4, -0.2) is 27.3 Å². The first kappa shape index (κ1) is 14.3.